The van der Waals surface area contributed by atoms with Gasteiger partial charge in [0, 0.05) is 38.1 Å². The van der Waals surface area contributed by atoms with Crippen LogP contribution in [0.25, 0.3) is 11.2 Å². The molecule has 1 saturated heterocycles. The van der Waals surface area contributed by atoms with Crippen molar-refractivity contribution in [1.82, 2.24) is 29.0 Å². The number of carbonyl (C=O) groups excluding carboxylic acids is 1. The zero-order valence-electron chi connectivity index (χ0n) is 13.9. The van der Waals surface area contributed by atoms with Crippen molar-refractivity contribution in [3.63, 3.8) is 0 Å². The quantitative estimate of drug-likeness (QED) is 0.696. The van der Waals surface area contributed by atoms with Crippen LogP contribution in [-0.2, 0) is 7.05 Å². The summed E-state index contributed by atoms with van der Waals surface area (Å²) in [4.78, 5) is 39.4. The van der Waals surface area contributed by atoms with E-state index in [2.05, 4.69) is 15.0 Å². The first-order valence-electron chi connectivity index (χ1n) is 8.23. The minimum atomic E-state index is -0.126. The lowest BCUT2D eigenvalue weighted by Crippen LogP contribution is -2.43. The van der Waals surface area contributed by atoms with Gasteiger partial charge in [-0.05, 0) is 25.0 Å². The van der Waals surface area contributed by atoms with Crippen LogP contribution in [0.4, 0.5) is 0 Å². The largest absolute Gasteiger partial charge is 0.337 e. The molecule has 0 unspecified atom stereocenters. The lowest BCUT2D eigenvalue weighted by atomic mass is 10.0. The summed E-state index contributed by atoms with van der Waals surface area (Å²) in [5, 5.41) is 0. The van der Waals surface area contributed by atoms with Crippen LogP contribution in [0.1, 0.15) is 29.2 Å². The van der Waals surface area contributed by atoms with Crippen molar-refractivity contribution in [2.75, 3.05) is 13.1 Å². The van der Waals surface area contributed by atoms with E-state index in [1.165, 1.54) is 6.33 Å². The first-order valence-corrected chi connectivity index (χ1v) is 8.23. The molecule has 0 aliphatic carbocycles. The fourth-order valence-corrected chi connectivity index (χ4v) is 3.45. The zero-order valence-corrected chi connectivity index (χ0v) is 13.9. The lowest BCUT2D eigenvalue weighted by Gasteiger charge is -2.33. The second-order valence-electron chi connectivity index (χ2n) is 6.23. The fourth-order valence-electron chi connectivity index (χ4n) is 3.45. The van der Waals surface area contributed by atoms with Crippen LogP contribution in [-0.4, -0.2) is 48.0 Å². The third-order valence-corrected chi connectivity index (χ3v) is 4.73. The third-order valence-electron chi connectivity index (χ3n) is 4.73. The smallest absolute Gasteiger partial charge is 0.330 e. The Kier molecular flexibility index (Phi) is 3.79. The number of pyridine rings is 1. The minimum absolute atomic E-state index is 0.0324. The second kappa shape index (κ2) is 6.12. The Morgan fingerprint density at radius 1 is 1.24 bits per heavy atom. The van der Waals surface area contributed by atoms with E-state index >= 15 is 0 Å². The lowest BCUT2D eigenvalue weighted by molar-refractivity contribution is 0.0679. The molecule has 0 radical (unpaired) electrons. The number of hydrogen-bond donors (Lipinski definition) is 0. The highest BCUT2D eigenvalue weighted by molar-refractivity contribution is 5.94. The average Bonchev–Trinajstić information content (AvgIpc) is 2.93. The number of amides is 1. The average molecular weight is 338 g/mol. The van der Waals surface area contributed by atoms with Crippen molar-refractivity contribution in [3.8, 4) is 0 Å². The van der Waals surface area contributed by atoms with E-state index in [0.29, 0.717) is 29.8 Å². The summed E-state index contributed by atoms with van der Waals surface area (Å²) in [5.74, 6) is -0.0324. The van der Waals surface area contributed by atoms with Gasteiger partial charge in [0.05, 0.1) is 12.2 Å². The van der Waals surface area contributed by atoms with Gasteiger partial charge in [-0.2, -0.15) is 0 Å². The molecule has 3 aromatic rings. The van der Waals surface area contributed by atoms with Gasteiger partial charge in [-0.1, -0.05) is 0 Å². The van der Waals surface area contributed by atoms with Crippen LogP contribution in [0.15, 0.2) is 41.8 Å². The molecule has 0 saturated carbocycles. The van der Waals surface area contributed by atoms with Gasteiger partial charge >= 0.3 is 5.69 Å². The highest BCUT2D eigenvalue weighted by atomic mass is 16.2. The summed E-state index contributed by atoms with van der Waals surface area (Å²) in [6.45, 7) is 1.18. The predicted octanol–water partition coefficient (Wildman–Crippen LogP) is 1.00. The molecule has 128 valence electrons. The second-order valence-corrected chi connectivity index (χ2v) is 6.23. The molecule has 0 aromatic carbocycles. The number of likely N-dealkylation sites (tertiary alicyclic amines) is 1. The third kappa shape index (κ3) is 2.59. The first-order chi connectivity index (χ1) is 12.2. The standard InChI is InChI=1S/C17H18N6O2/c1-21-14-9-19-11-20-15(14)23(17(21)25)13-3-2-8-22(10-13)16(24)12-4-6-18-7-5-12/h4-7,9,11,13H,2-3,8,10H2,1H3/t13-/m1/s1. The van der Waals surface area contributed by atoms with Gasteiger partial charge in [0.15, 0.2) is 5.65 Å². The number of piperidine rings is 1. The maximum Gasteiger partial charge on any atom is 0.330 e. The van der Waals surface area contributed by atoms with E-state index in [4.69, 9.17) is 0 Å². The summed E-state index contributed by atoms with van der Waals surface area (Å²) in [7, 11) is 1.72. The van der Waals surface area contributed by atoms with Gasteiger partial charge in [0.2, 0.25) is 0 Å². The number of nitrogens with zero attached hydrogens (tertiary/aromatic N) is 6. The van der Waals surface area contributed by atoms with Gasteiger partial charge in [0.25, 0.3) is 5.91 Å². The van der Waals surface area contributed by atoms with Crippen LogP contribution in [0, 0.1) is 0 Å². The number of aromatic nitrogens is 5. The number of aryl methyl sites for hydroxylation is 1. The molecule has 8 nitrogen and oxygen atoms in total. The van der Waals surface area contributed by atoms with Crippen LogP contribution >= 0.6 is 0 Å². The van der Waals surface area contributed by atoms with E-state index in [0.717, 1.165) is 12.8 Å². The summed E-state index contributed by atoms with van der Waals surface area (Å²) in [6.07, 6.45) is 7.99. The van der Waals surface area contributed by atoms with Crippen LogP contribution in [0.2, 0.25) is 0 Å². The van der Waals surface area contributed by atoms with Gasteiger partial charge in [-0.15, -0.1) is 0 Å². The van der Waals surface area contributed by atoms with Crippen molar-refractivity contribution in [2.24, 2.45) is 7.05 Å². The molecular weight excluding hydrogens is 320 g/mol. The molecular formula is C17H18N6O2. The normalized spacial score (nSPS) is 17.8. The Labute approximate surface area is 143 Å². The summed E-state index contributed by atoms with van der Waals surface area (Å²) in [6, 6.07) is 3.33. The Hall–Kier alpha value is -3.03. The molecule has 1 fully saturated rings. The van der Waals surface area contributed by atoms with Crippen molar-refractivity contribution in [3.05, 3.63) is 53.1 Å². The monoisotopic (exact) mass is 338 g/mol. The topological polar surface area (TPSA) is 85.9 Å². The maximum absolute atomic E-state index is 12.7. The van der Waals surface area contributed by atoms with E-state index in [1.807, 2.05) is 0 Å². The number of hydrogen-bond acceptors (Lipinski definition) is 5. The molecule has 0 bridgehead atoms. The highest BCUT2D eigenvalue weighted by Gasteiger charge is 2.28. The Morgan fingerprint density at radius 3 is 2.84 bits per heavy atom. The van der Waals surface area contributed by atoms with Crippen LogP contribution in [0.5, 0.6) is 0 Å². The van der Waals surface area contributed by atoms with Gasteiger partial charge < -0.3 is 4.90 Å². The van der Waals surface area contributed by atoms with Crippen molar-refractivity contribution in [2.45, 2.75) is 18.9 Å². The molecule has 1 aliphatic rings. The van der Waals surface area contributed by atoms with E-state index in [9.17, 15) is 9.59 Å². The zero-order chi connectivity index (χ0) is 17.4. The van der Waals surface area contributed by atoms with Crippen molar-refractivity contribution < 1.29 is 4.79 Å². The van der Waals surface area contributed by atoms with Gasteiger partial charge in [-0.3, -0.25) is 18.9 Å². The fraction of sp³-hybridized carbons (Fsp3) is 0.353. The Morgan fingerprint density at radius 2 is 2.04 bits per heavy atom. The van der Waals surface area contributed by atoms with Crippen molar-refractivity contribution in [1.29, 1.82) is 0 Å². The number of imidazole rings is 1. The summed E-state index contributed by atoms with van der Waals surface area (Å²) < 4.78 is 3.25. The molecule has 3 aromatic heterocycles. The van der Waals surface area contributed by atoms with E-state index in [1.54, 1.807) is 51.8 Å². The Bertz CT molecular complexity index is 978. The molecule has 4 heterocycles. The SMILES string of the molecule is Cn1c(=O)n([C@@H]2CCCN(C(=O)c3ccncc3)C2)c2ncncc21. The molecule has 0 N–H and O–H groups in total. The molecule has 0 spiro atoms. The summed E-state index contributed by atoms with van der Waals surface area (Å²) >= 11 is 0. The van der Waals surface area contributed by atoms with E-state index < -0.39 is 0 Å². The van der Waals surface area contributed by atoms with Crippen LogP contribution in [0.3, 0.4) is 0 Å². The number of rotatable bonds is 2. The highest BCUT2D eigenvalue weighted by Crippen LogP contribution is 2.24. The van der Waals surface area contributed by atoms with Gasteiger partial charge in [-0.25, -0.2) is 14.8 Å². The number of carbonyl (C=O) groups is 1. The van der Waals surface area contributed by atoms with E-state index in [-0.39, 0.29) is 17.6 Å². The number of fused-ring (bicyclic) bond motifs is 1. The maximum atomic E-state index is 12.7. The predicted molar refractivity (Wildman–Crippen MR) is 91.2 cm³/mol. The molecule has 8 heteroatoms. The minimum Gasteiger partial charge on any atom is -0.337 e. The molecule has 1 aliphatic heterocycles. The molecule has 1 atom stereocenters. The first kappa shape index (κ1) is 15.5. The van der Waals surface area contributed by atoms with Gasteiger partial charge in [0.1, 0.15) is 11.8 Å². The molecule has 4 rings (SSSR count). The summed E-state index contributed by atoms with van der Waals surface area (Å²) in [5.41, 5.74) is 1.80. The van der Waals surface area contributed by atoms with Crippen molar-refractivity contribution >= 4 is 17.1 Å². The van der Waals surface area contributed by atoms with Crippen LogP contribution < -0.4 is 5.69 Å². The molecule has 1 amide bonds. The molecule has 25 heavy (non-hydrogen) atoms. The Balaban J connectivity index is 1.68.